The van der Waals surface area contributed by atoms with Crippen LogP contribution in [-0.4, -0.2) is 11.8 Å². The minimum absolute atomic E-state index is 0.153. The fraction of sp³-hybridized carbons (Fsp3) is 0.250. The molecule has 0 fully saturated rings. The van der Waals surface area contributed by atoms with E-state index in [0.717, 1.165) is 11.3 Å². The minimum atomic E-state index is 0.153. The highest BCUT2D eigenvalue weighted by Crippen LogP contribution is 2.29. The molecule has 6 nitrogen and oxygen atoms in total. The lowest BCUT2D eigenvalue weighted by molar-refractivity contribution is 0.341. The highest BCUT2D eigenvalue weighted by molar-refractivity contribution is 5.66. The van der Waals surface area contributed by atoms with Gasteiger partial charge in [-0.3, -0.25) is 0 Å². The largest absolute Gasteiger partial charge is 0.493 e. The summed E-state index contributed by atoms with van der Waals surface area (Å²) < 4.78 is 10.6. The first kappa shape index (κ1) is 12.0. The summed E-state index contributed by atoms with van der Waals surface area (Å²) >= 11 is 0. The Kier molecular flexibility index (Phi) is 3.83. The molecule has 18 heavy (non-hydrogen) atoms. The van der Waals surface area contributed by atoms with E-state index in [-0.39, 0.29) is 6.54 Å². The summed E-state index contributed by atoms with van der Waals surface area (Å²) in [6.45, 7) is 2.66. The van der Waals surface area contributed by atoms with Gasteiger partial charge in [0.25, 0.3) is 0 Å². The van der Waals surface area contributed by atoms with Crippen LogP contribution in [0.1, 0.15) is 12.7 Å². The Balaban J connectivity index is 2.30. The van der Waals surface area contributed by atoms with E-state index in [1.54, 1.807) is 6.07 Å². The molecule has 0 unspecified atom stereocenters. The molecule has 0 amide bonds. The molecule has 0 atom stereocenters. The molecule has 0 N–H and O–H groups in total. The van der Waals surface area contributed by atoms with E-state index in [1.165, 1.54) is 0 Å². The summed E-state index contributed by atoms with van der Waals surface area (Å²) in [6.07, 6.45) is 0. The Morgan fingerprint density at radius 3 is 3.06 bits per heavy atom. The van der Waals surface area contributed by atoms with E-state index >= 15 is 0 Å². The molecule has 0 saturated carbocycles. The third kappa shape index (κ3) is 2.61. The summed E-state index contributed by atoms with van der Waals surface area (Å²) in [6, 6.07) is 9.32. The van der Waals surface area contributed by atoms with Crippen molar-refractivity contribution in [1.29, 1.82) is 0 Å². The molecular weight excluding hydrogens is 232 g/mol. The van der Waals surface area contributed by atoms with E-state index < -0.39 is 0 Å². The van der Waals surface area contributed by atoms with Crippen molar-refractivity contribution >= 4 is 0 Å². The lowest BCUT2D eigenvalue weighted by Gasteiger charge is -2.06. The SMILES string of the molecule is CCOc1ccccc1-c1cc(CN=[N+]=[N-])on1. The molecule has 0 aliphatic carbocycles. The molecule has 1 aromatic heterocycles. The van der Waals surface area contributed by atoms with Crippen molar-refractivity contribution in [3.05, 3.63) is 46.5 Å². The van der Waals surface area contributed by atoms with Gasteiger partial charge >= 0.3 is 0 Å². The molecule has 0 radical (unpaired) electrons. The Bertz CT molecular complexity index is 573. The van der Waals surface area contributed by atoms with Gasteiger partial charge in [-0.25, -0.2) is 0 Å². The van der Waals surface area contributed by atoms with Crippen LogP contribution in [0.4, 0.5) is 0 Å². The summed E-state index contributed by atoms with van der Waals surface area (Å²) in [5.74, 6) is 1.28. The highest BCUT2D eigenvalue weighted by atomic mass is 16.5. The maximum Gasteiger partial charge on any atom is 0.143 e. The molecule has 0 saturated heterocycles. The van der Waals surface area contributed by atoms with Crippen LogP contribution in [0.25, 0.3) is 21.7 Å². The van der Waals surface area contributed by atoms with E-state index in [1.807, 2.05) is 31.2 Å². The molecular formula is C12H12N4O2. The van der Waals surface area contributed by atoms with Crippen LogP contribution < -0.4 is 4.74 Å². The van der Waals surface area contributed by atoms with E-state index in [4.69, 9.17) is 14.8 Å². The van der Waals surface area contributed by atoms with Crippen LogP contribution in [0.3, 0.4) is 0 Å². The van der Waals surface area contributed by atoms with Gasteiger partial charge in [-0.05, 0) is 24.6 Å². The lowest BCUT2D eigenvalue weighted by Crippen LogP contribution is -1.93. The van der Waals surface area contributed by atoms with Crippen LogP contribution in [-0.2, 0) is 6.54 Å². The average molecular weight is 244 g/mol. The van der Waals surface area contributed by atoms with Crippen molar-refractivity contribution in [2.45, 2.75) is 13.5 Å². The van der Waals surface area contributed by atoms with Gasteiger partial charge < -0.3 is 9.26 Å². The number of aromatic nitrogens is 1. The molecule has 6 heteroatoms. The molecule has 0 aliphatic rings. The third-order valence-corrected chi connectivity index (χ3v) is 2.31. The molecule has 2 aromatic rings. The lowest BCUT2D eigenvalue weighted by atomic mass is 10.1. The first-order valence-corrected chi connectivity index (χ1v) is 5.53. The fourth-order valence-electron chi connectivity index (χ4n) is 1.58. The second kappa shape index (κ2) is 5.75. The number of rotatable bonds is 5. The zero-order valence-corrected chi connectivity index (χ0v) is 9.91. The zero-order chi connectivity index (χ0) is 12.8. The number of ether oxygens (including phenoxy) is 1. The normalized spacial score (nSPS) is 9.83. The molecule has 2 rings (SSSR count). The van der Waals surface area contributed by atoms with Crippen LogP contribution in [0.2, 0.25) is 0 Å². The molecule has 1 heterocycles. The molecule has 0 spiro atoms. The van der Waals surface area contributed by atoms with Crippen molar-refractivity contribution in [3.63, 3.8) is 0 Å². The summed E-state index contributed by atoms with van der Waals surface area (Å²) in [5.41, 5.74) is 9.77. The second-order valence-electron chi connectivity index (χ2n) is 3.50. The van der Waals surface area contributed by atoms with Gasteiger partial charge in [0.05, 0.1) is 13.2 Å². The highest BCUT2D eigenvalue weighted by Gasteiger charge is 2.10. The standard InChI is InChI=1S/C12H12N4O2/c1-2-17-12-6-4-3-5-10(12)11-7-9(18-15-11)8-14-16-13/h3-7H,2,8H2,1H3. The van der Waals surface area contributed by atoms with Crippen LogP contribution >= 0.6 is 0 Å². The van der Waals surface area contributed by atoms with E-state index in [2.05, 4.69) is 15.2 Å². The predicted octanol–water partition coefficient (Wildman–Crippen LogP) is 3.55. The topological polar surface area (TPSA) is 84.0 Å². The van der Waals surface area contributed by atoms with Gasteiger partial charge in [-0.1, -0.05) is 22.4 Å². The second-order valence-corrected chi connectivity index (χ2v) is 3.50. The van der Waals surface area contributed by atoms with Gasteiger partial charge in [-0.15, -0.1) is 0 Å². The Morgan fingerprint density at radius 2 is 2.28 bits per heavy atom. The molecule has 0 bridgehead atoms. The average Bonchev–Trinajstić information content (AvgIpc) is 2.86. The maximum atomic E-state index is 8.24. The Hall–Kier alpha value is -2.46. The van der Waals surface area contributed by atoms with Crippen molar-refractivity contribution in [1.82, 2.24) is 5.16 Å². The Labute approximate surface area is 104 Å². The van der Waals surface area contributed by atoms with Crippen molar-refractivity contribution in [2.75, 3.05) is 6.61 Å². The van der Waals surface area contributed by atoms with Crippen molar-refractivity contribution < 1.29 is 9.26 Å². The van der Waals surface area contributed by atoms with E-state index in [0.29, 0.717) is 18.1 Å². The van der Waals surface area contributed by atoms with Crippen LogP contribution in [0, 0.1) is 0 Å². The third-order valence-electron chi connectivity index (χ3n) is 2.31. The number of hydrogen-bond acceptors (Lipinski definition) is 4. The minimum Gasteiger partial charge on any atom is -0.493 e. The first-order chi connectivity index (χ1) is 8.85. The summed E-state index contributed by atoms with van der Waals surface area (Å²) in [5, 5.41) is 7.37. The smallest absolute Gasteiger partial charge is 0.143 e. The monoisotopic (exact) mass is 244 g/mol. The number of nitrogens with zero attached hydrogens (tertiary/aromatic N) is 4. The molecule has 1 aromatic carbocycles. The fourth-order valence-corrected chi connectivity index (χ4v) is 1.58. The Morgan fingerprint density at radius 1 is 1.44 bits per heavy atom. The van der Waals surface area contributed by atoms with Gasteiger partial charge in [0.1, 0.15) is 17.2 Å². The van der Waals surface area contributed by atoms with Gasteiger partial charge in [0.15, 0.2) is 0 Å². The van der Waals surface area contributed by atoms with E-state index in [9.17, 15) is 0 Å². The number of benzene rings is 1. The summed E-state index contributed by atoms with van der Waals surface area (Å²) in [7, 11) is 0. The quantitative estimate of drug-likeness (QED) is 0.458. The summed E-state index contributed by atoms with van der Waals surface area (Å²) in [4.78, 5) is 2.67. The van der Waals surface area contributed by atoms with Crippen molar-refractivity contribution in [2.24, 2.45) is 5.11 Å². The van der Waals surface area contributed by atoms with Crippen LogP contribution in [0.5, 0.6) is 5.75 Å². The zero-order valence-electron chi connectivity index (χ0n) is 9.91. The van der Waals surface area contributed by atoms with Crippen LogP contribution in [0.15, 0.2) is 40.0 Å². The number of para-hydroxylation sites is 1. The maximum absolute atomic E-state index is 8.24. The van der Waals surface area contributed by atoms with Gasteiger partial charge in [0.2, 0.25) is 0 Å². The number of azide groups is 1. The predicted molar refractivity (Wildman–Crippen MR) is 66.0 cm³/mol. The van der Waals surface area contributed by atoms with Gasteiger partial charge in [-0.2, -0.15) is 0 Å². The van der Waals surface area contributed by atoms with Gasteiger partial charge in [0, 0.05) is 16.5 Å². The number of hydrogen-bond donors (Lipinski definition) is 0. The van der Waals surface area contributed by atoms with Crippen molar-refractivity contribution in [3.8, 4) is 17.0 Å². The first-order valence-electron chi connectivity index (χ1n) is 5.53. The molecule has 92 valence electrons. The molecule has 0 aliphatic heterocycles.